The third-order valence-corrected chi connectivity index (χ3v) is 5.56. The maximum atomic E-state index is 13.1. The van der Waals surface area contributed by atoms with Crippen LogP contribution in [-0.2, 0) is 15.1 Å². The van der Waals surface area contributed by atoms with Gasteiger partial charge in [-0.05, 0) is 41.5 Å². The van der Waals surface area contributed by atoms with E-state index < -0.39 is 29.9 Å². The molecule has 1 saturated heterocycles. The zero-order chi connectivity index (χ0) is 21.6. The van der Waals surface area contributed by atoms with Crippen molar-refractivity contribution in [2.45, 2.75) is 12.5 Å². The number of hydrogen-bond donors (Lipinski definition) is 2. The first kappa shape index (κ1) is 18.9. The van der Waals surface area contributed by atoms with Gasteiger partial charge < -0.3 is 20.1 Å². The Morgan fingerprint density at radius 2 is 1.81 bits per heavy atom. The number of fused-ring (bicyclic) bond motifs is 2. The molecule has 0 aliphatic carbocycles. The van der Waals surface area contributed by atoms with Gasteiger partial charge in [0.25, 0.3) is 5.91 Å². The molecule has 8 nitrogen and oxygen atoms in total. The molecule has 5 rings (SSSR count). The lowest BCUT2D eigenvalue weighted by Gasteiger charge is -2.22. The topological polar surface area (TPSA) is 97.0 Å². The molecule has 0 saturated carbocycles. The molecule has 1 fully saturated rings. The van der Waals surface area contributed by atoms with E-state index in [1.54, 1.807) is 25.1 Å². The molecule has 0 spiro atoms. The van der Waals surface area contributed by atoms with E-state index in [1.165, 1.54) is 0 Å². The minimum Gasteiger partial charge on any atom is -0.454 e. The van der Waals surface area contributed by atoms with Crippen molar-refractivity contribution in [3.05, 3.63) is 66.2 Å². The Morgan fingerprint density at radius 1 is 1.03 bits per heavy atom. The molecule has 3 aromatic carbocycles. The average molecular weight is 417 g/mol. The zero-order valence-corrected chi connectivity index (χ0v) is 16.7. The van der Waals surface area contributed by atoms with Gasteiger partial charge in [0.1, 0.15) is 12.1 Å². The van der Waals surface area contributed by atoms with E-state index in [2.05, 4.69) is 10.6 Å². The fourth-order valence-electron chi connectivity index (χ4n) is 3.85. The summed E-state index contributed by atoms with van der Waals surface area (Å²) in [5.41, 5.74) is -0.109. The monoisotopic (exact) mass is 417 g/mol. The lowest BCUT2D eigenvalue weighted by molar-refractivity contribution is -0.133. The van der Waals surface area contributed by atoms with E-state index in [4.69, 9.17) is 9.47 Å². The number of anilines is 1. The summed E-state index contributed by atoms with van der Waals surface area (Å²) >= 11 is 0. The van der Waals surface area contributed by atoms with Crippen molar-refractivity contribution in [3.8, 4) is 11.5 Å². The molecule has 4 amide bonds. The van der Waals surface area contributed by atoms with Crippen LogP contribution < -0.4 is 20.1 Å². The first-order valence-electron chi connectivity index (χ1n) is 9.77. The van der Waals surface area contributed by atoms with Gasteiger partial charge in [0.15, 0.2) is 11.5 Å². The molecule has 1 atom stereocenters. The third kappa shape index (κ3) is 3.22. The van der Waals surface area contributed by atoms with Crippen molar-refractivity contribution in [1.29, 1.82) is 0 Å². The van der Waals surface area contributed by atoms with Crippen LogP contribution in [0.15, 0.2) is 60.7 Å². The Balaban J connectivity index is 1.33. The van der Waals surface area contributed by atoms with Crippen LogP contribution in [0.1, 0.15) is 12.5 Å². The van der Waals surface area contributed by atoms with E-state index in [9.17, 15) is 14.4 Å². The van der Waals surface area contributed by atoms with Crippen LogP contribution in [0, 0.1) is 0 Å². The second-order valence-electron chi connectivity index (χ2n) is 7.62. The molecule has 31 heavy (non-hydrogen) atoms. The molecule has 8 heteroatoms. The predicted molar refractivity (Wildman–Crippen MR) is 113 cm³/mol. The van der Waals surface area contributed by atoms with E-state index >= 15 is 0 Å². The summed E-state index contributed by atoms with van der Waals surface area (Å²) in [7, 11) is 0. The van der Waals surface area contributed by atoms with Gasteiger partial charge >= 0.3 is 6.03 Å². The highest BCUT2D eigenvalue weighted by atomic mass is 16.7. The highest BCUT2D eigenvalue weighted by Gasteiger charge is 2.49. The summed E-state index contributed by atoms with van der Waals surface area (Å²) in [4.78, 5) is 39.2. The van der Waals surface area contributed by atoms with E-state index in [0.29, 0.717) is 22.7 Å². The van der Waals surface area contributed by atoms with Crippen LogP contribution in [0.4, 0.5) is 10.5 Å². The largest absolute Gasteiger partial charge is 0.454 e. The van der Waals surface area contributed by atoms with Gasteiger partial charge in [-0.15, -0.1) is 0 Å². The normalized spacial score (nSPS) is 19.6. The SMILES string of the molecule is C[C@]1(c2ccc3ccccc3c2)NC(=O)N(CC(=O)Nc2ccc3c(c2)OCO3)C1=O. The lowest BCUT2D eigenvalue weighted by Crippen LogP contribution is -2.42. The third-order valence-electron chi connectivity index (χ3n) is 5.56. The van der Waals surface area contributed by atoms with E-state index in [1.807, 2.05) is 42.5 Å². The number of imide groups is 1. The predicted octanol–water partition coefficient (Wildman–Crippen LogP) is 2.97. The Hall–Kier alpha value is -4.07. The van der Waals surface area contributed by atoms with Crippen molar-refractivity contribution >= 4 is 34.3 Å². The summed E-state index contributed by atoms with van der Waals surface area (Å²) in [6.45, 7) is 1.37. The van der Waals surface area contributed by atoms with Crippen molar-refractivity contribution in [2.75, 3.05) is 18.7 Å². The van der Waals surface area contributed by atoms with Gasteiger partial charge in [-0.25, -0.2) is 4.79 Å². The quantitative estimate of drug-likeness (QED) is 0.636. The Labute approximate surface area is 177 Å². The van der Waals surface area contributed by atoms with Crippen LogP contribution >= 0.6 is 0 Å². The first-order valence-corrected chi connectivity index (χ1v) is 9.77. The van der Waals surface area contributed by atoms with E-state index in [-0.39, 0.29) is 6.79 Å². The van der Waals surface area contributed by atoms with Crippen LogP contribution in [-0.4, -0.2) is 36.1 Å². The fraction of sp³-hybridized carbons (Fsp3) is 0.174. The van der Waals surface area contributed by atoms with Gasteiger partial charge in [-0.2, -0.15) is 0 Å². The summed E-state index contributed by atoms with van der Waals surface area (Å²) in [6, 6.07) is 17.7. The van der Waals surface area contributed by atoms with Gasteiger partial charge in [0, 0.05) is 11.8 Å². The number of benzene rings is 3. The molecule has 0 bridgehead atoms. The van der Waals surface area contributed by atoms with Crippen molar-refractivity contribution in [3.63, 3.8) is 0 Å². The number of carbonyl (C=O) groups is 3. The van der Waals surface area contributed by atoms with Gasteiger partial charge in [-0.3, -0.25) is 14.5 Å². The molecular formula is C23H19N3O5. The summed E-state index contributed by atoms with van der Waals surface area (Å²) in [5.74, 6) is 0.147. The number of carbonyl (C=O) groups excluding carboxylic acids is 3. The number of ether oxygens (including phenoxy) is 2. The number of rotatable bonds is 4. The van der Waals surface area contributed by atoms with Crippen LogP contribution in [0.25, 0.3) is 10.8 Å². The number of nitrogens with zero attached hydrogens (tertiary/aromatic N) is 1. The molecular weight excluding hydrogens is 398 g/mol. The van der Waals surface area contributed by atoms with Crippen molar-refractivity contribution in [2.24, 2.45) is 0 Å². The summed E-state index contributed by atoms with van der Waals surface area (Å²) in [5, 5.41) is 7.41. The Morgan fingerprint density at radius 3 is 2.65 bits per heavy atom. The standard InChI is InChI=1S/C23H19N3O5/c1-23(16-7-6-14-4-2-3-5-15(14)10-16)21(28)26(22(29)25-23)12-20(27)24-17-8-9-18-19(11-17)31-13-30-18/h2-11H,12-13H2,1H3,(H,24,27)(H,25,29)/t23-/m1/s1. The number of amides is 4. The van der Waals surface area contributed by atoms with Gasteiger partial charge in [0.2, 0.25) is 12.7 Å². The molecule has 2 aliphatic heterocycles. The molecule has 2 heterocycles. The highest BCUT2D eigenvalue weighted by Crippen LogP contribution is 2.34. The Kier molecular flexibility index (Phi) is 4.28. The molecule has 2 N–H and O–H groups in total. The number of nitrogens with one attached hydrogen (secondary N) is 2. The van der Waals surface area contributed by atoms with Crippen molar-refractivity contribution in [1.82, 2.24) is 10.2 Å². The van der Waals surface area contributed by atoms with Gasteiger partial charge in [-0.1, -0.05) is 36.4 Å². The molecule has 0 radical (unpaired) electrons. The van der Waals surface area contributed by atoms with Crippen LogP contribution in [0.3, 0.4) is 0 Å². The second-order valence-corrected chi connectivity index (χ2v) is 7.62. The summed E-state index contributed by atoms with van der Waals surface area (Å²) in [6.07, 6.45) is 0. The minimum absolute atomic E-state index is 0.128. The van der Waals surface area contributed by atoms with E-state index in [0.717, 1.165) is 15.7 Å². The maximum Gasteiger partial charge on any atom is 0.325 e. The minimum atomic E-state index is -1.25. The fourth-order valence-corrected chi connectivity index (χ4v) is 3.85. The zero-order valence-electron chi connectivity index (χ0n) is 16.7. The molecule has 0 unspecified atom stereocenters. The Bertz CT molecular complexity index is 1240. The smallest absolute Gasteiger partial charge is 0.325 e. The molecule has 0 aromatic heterocycles. The second kappa shape index (κ2) is 7.02. The molecule has 156 valence electrons. The van der Waals surface area contributed by atoms with Crippen molar-refractivity contribution < 1.29 is 23.9 Å². The van der Waals surface area contributed by atoms with Gasteiger partial charge in [0.05, 0.1) is 0 Å². The maximum absolute atomic E-state index is 13.1. The molecule has 2 aliphatic rings. The number of hydrogen-bond acceptors (Lipinski definition) is 5. The number of urea groups is 1. The molecule has 3 aromatic rings. The van der Waals surface area contributed by atoms with Crippen LogP contribution in [0.2, 0.25) is 0 Å². The first-order chi connectivity index (χ1) is 14.9. The highest BCUT2D eigenvalue weighted by molar-refractivity contribution is 6.10. The lowest BCUT2D eigenvalue weighted by atomic mass is 9.90. The van der Waals surface area contributed by atoms with Crippen LogP contribution in [0.5, 0.6) is 11.5 Å². The summed E-state index contributed by atoms with van der Waals surface area (Å²) < 4.78 is 10.5. The average Bonchev–Trinajstić information content (AvgIpc) is 3.32.